The van der Waals surface area contributed by atoms with Gasteiger partial charge in [-0.1, -0.05) is 38.4 Å². The third-order valence-corrected chi connectivity index (χ3v) is 4.74. The van der Waals surface area contributed by atoms with E-state index in [2.05, 4.69) is 20.8 Å². The largest absolute Gasteiger partial charge is 0.449 e. The van der Waals surface area contributed by atoms with Crippen molar-refractivity contribution >= 4 is 29.4 Å². The van der Waals surface area contributed by atoms with Gasteiger partial charge in [-0.2, -0.15) is 0 Å². The monoisotopic (exact) mass is 417 g/mol. The summed E-state index contributed by atoms with van der Waals surface area (Å²) in [6.07, 6.45) is -0.482. The highest BCUT2D eigenvalue weighted by Gasteiger charge is 2.26. The molecule has 0 fully saturated rings. The van der Waals surface area contributed by atoms with E-state index in [0.29, 0.717) is 28.6 Å². The average molecular weight is 418 g/mol. The lowest BCUT2D eigenvalue weighted by molar-refractivity contribution is 0.0733. The third-order valence-electron chi connectivity index (χ3n) is 4.49. The summed E-state index contributed by atoms with van der Waals surface area (Å²) < 4.78 is 11.0. The lowest BCUT2D eigenvalue weighted by atomic mass is 9.85. The Bertz CT molecular complexity index is 885. The molecule has 2 aromatic rings. The molecule has 0 spiro atoms. The van der Waals surface area contributed by atoms with E-state index < -0.39 is 12.1 Å². The molecule has 0 unspecified atom stereocenters. The number of amides is 1. The van der Waals surface area contributed by atoms with Crippen molar-refractivity contribution in [1.82, 2.24) is 0 Å². The fourth-order valence-corrected chi connectivity index (χ4v) is 2.98. The molecule has 0 saturated carbocycles. The summed E-state index contributed by atoms with van der Waals surface area (Å²) in [6.45, 7) is 12.4. The van der Waals surface area contributed by atoms with Crippen LogP contribution in [0.15, 0.2) is 36.4 Å². The van der Waals surface area contributed by atoms with Crippen LogP contribution in [0.3, 0.4) is 0 Å². The number of benzene rings is 2. The van der Waals surface area contributed by atoms with Crippen molar-refractivity contribution in [1.29, 1.82) is 0 Å². The SMILES string of the molecule is CCOC(=O)N(CC)c1cc(C(C)(C)C)cc(C)c1OC(=O)c1ccc(Cl)cc1. The minimum atomic E-state index is -0.519. The molecule has 1 amide bonds. The van der Waals surface area contributed by atoms with Gasteiger partial charge in [0.05, 0.1) is 17.9 Å². The van der Waals surface area contributed by atoms with E-state index in [1.807, 2.05) is 26.0 Å². The van der Waals surface area contributed by atoms with E-state index in [4.69, 9.17) is 21.1 Å². The molecule has 2 aromatic carbocycles. The molecule has 0 N–H and O–H groups in total. The van der Waals surface area contributed by atoms with Crippen molar-refractivity contribution in [3.8, 4) is 5.75 Å². The van der Waals surface area contributed by atoms with Crippen molar-refractivity contribution in [2.45, 2.75) is 47.0 Å². The van der Waals surface area contributed by atoms with Gasteiger partial charge in [-0.25, -0.2) is 9.59 Å². The number of halogens is 1. The van der Waals surface area contributed by atoms with Gasteiger partial charge >= 0.3 is 12.1 Å². The summed E-state index contributed by atoms with van der Waals surface area (Å²) in [5, 5.41) is 0.535. The van der Waals surface area contributed by atoms with Crippen LogP contribution in [0.5, 0.6) is 5.75 Å². The normalized spacial score (nSPS) is 11.1. The Morgan fingerprint density at radius 1 is 1.07 bits per heavy atom. The molecule has 5 nitrogen and oxygen atoms in total. The second-order valence-electron chi connectivity index (χ2n) is 7.73. The molecule has 6 heteroatoms. The number of esters is 1. The van der Waals surface area contributed by atoms with Crippen LogP contribution in [0.1, 0.15) is 56.1 Å². The van der Waals surface area contributed by atoms with E-state index in [1.54, 1.807) is 31.2 Å². The van der Waals surface area contributed by atoms with Crippen LogP contribution in [0.25, 0.3) is 0 Å². The van der Waals surface area contributed by atoms with Crippen molar-refractivity contribution < 1.29 is 19.1 Å². The lowest BCUT2D eigenvalue weighted by Gasteiger charge is -2.27. The summed E-state index contributed by atoms with van der Waals surface area (Å²) in [7, 11) is 0. The van der Waals surface area contributed by atoms with Gasteiger partial charge in [0.15, 0.2) is 5.75 Å². The zero-order valence-electron chi connectivity index (χ0n) is 17.8. The van der Waals surface area contributed by atoms with Crippen LogP contribution in [-0.2, 0) is 10.2 Å². The lowest BCUT2D eigenvalue weighted by Crippen LogP contribution is -2.32. The summed E-state index contributed by atoms with van der Waals surface area (Å²) in [6, 6.07) is 10.3. The maximum atomic E-state index is 12.7. The minimum Gasteiger partial charge on any atom is -0.449 e. The number of carbonyl (C=O) groups is 2. The van der Waals surface area contributed by atoms with Gasteiger partial charge in [0.2, 0.25) is 0 Å². The molecule has 0 radical (unpaired) electrons. The Balaban J connectivity index is 2.55. The standard InChI is InChI=1S/C23H28ClNO4/c1-7-25(22(27)28-8-2)19-14-17(23(4,5)6)13-15(3)20(19)29-21(26)16-9-11-18(24)12-10-16/h9-14H,7-8H2,1-6H3. The Kier molecular flexibility index (Phi) is 7.31. The first-order valence-corrected chi connectivity index (χ1v) is 10.0. The number of nitrogens with zero attached hydrogens (tertiary/aromatic N) is 1. The minimum absolute atomic E-state index is 0.147. The molecule has 0 aliphatic carbocycles. The van der Waals surface area contributed by atoms with E-state index in [0.717, 1.165) is 11.1 Å². The summed E-state index contributed by atoms with van der Waals surface area (Å²) in [5.41, 5.74) is 2.53. The van der Waals surface area contributed by atoms with E-state index in [-0.39, 0.29) is 12.0 Å². The maximum absolute atomic E-state index is 12.7. The Labute approximate surface area is 177 Å². The molecule has 0 aromatic heterocycles. The molecular weight excluding hydrogens is 390 g/mol. The van der Waals surface area contributed by atoms with Crippen molar-refractivity contribution in [3.63, 3.8) is 0 Å². The molecule has 0 aliphatic rings. The molecule has 0 heterocycles. The molecule has 29 heavy (non-hydrogen) atoms. The maximum Gasteiger partial charge on any atom is 0.414 e. The van der Waals surface area contributed by atoms with Gasteiger partial charge in [-0.05, 0) is 67.6 Å². The highest BCUT2D eigenvalue weighted by atomic mass is 35.5. The predicted octanol–water partition coefficient (Wildman–Crippen LogP) is 6.15. The predicted molar refractivity (Wildman–Crippen MR) is 116 cm³/mol. The van der Waals surface area contributed by atoms with Crippen molar-refractivity contribution in [3.05, 3.63) is 58.1 Å². The smallest absolute Gasteiger partial charge is 0.414 e. The molecular formula is C23H28ClNO4. The number of aryl methyl sites for hydroxylation is 1. The molecule has 0 bridgehead atoms. The number of hydrogen-bond acceptors (Lipinski definition) is 4. The fraction of sp³-hybridized carbons (Fsp3) is 0.391. The van der Waals surface area contributed by atoms with E-state index >= 15 is 0 Å². The van der Waals surface area contributed by atoms with Crippen molar-refractivity contribution in [2.24, 2.45) is 0 Å². The average Bonchev–Trinajstić information content (AvgIpc) is 2.64. The molecule has 2 rings (SSSR count). The van der Waals surface area contributed by atoms with Gasteiger partial charge in [0, 0.05) is 11.6 Å². The van der Waals surface area contributed by atoms with Crippen LogP contribution in [-0.4, -0.2) is 25.2 Å². The van der Waals surface area contributed by atoms with E-state index in [1.165, 1.54) is 4.90 Å². The number of hydrogen-bond donors (Lipinski definition) is 0. The summed E-state index contributed by atoms with van der Waals surface area (Å²) >= 11 is 5.90. The van der Waals surface area contributed by atoms with E-state index in [9.17, 15) is 9.59 Å². The van der Waals surface area contributed by atoms with Gasteiger partial charge in [0.1, 0.15) is 0 Å². The highest BCUT2D eigenvalue weighted by Crippen LogP contribution is 2.38. The zero-order chi connectivity index (χ0) is 21.8. The Morgan fingerprint density at radius 2 is 1.69 bits per heavy atom. The quantitative estimate of drug-likeness (QED) is 0.432. The number of ether oxygens (including phenoxy) is 2. The van der Waals surface area contributed by atoms with Crippen LogP contribution in [0.2, 0.25) is 5.02 Å². The number of anilines is 1. The van der Waals surface area contributed by atoms with Gasteiger partial charge < -0.3 is 9.47 Å². The van der Waals surface area contributed by atoms with Crippen LogP contribution < -0.4 is 9.64 Å². The first kappa shape index (κ1) is 22.8. The van der Waals surface area contributed by atoms with Crippen LogP contribution in [0.4, 0.5) is 10.5 Å². The first-order chi connectivity index (χ1) is 13.6. The topological polar surface area (TPSA) is 55.8 Å². The molecule has 156 valence electrons. The summed E-state index contributed by atoms with van der Waals surface area (Å²) in [4.78, 5) is 26.7. The first-order valence-electron chi connectivity index (χ1n) is 9.65. The Morgan fingerprint density at radius 3 is 2.21 bits per heavy atom. The number of carbonyl (C=O) groups excluding carboxylic acids is 2. The van der Waals surface area contributed by atoms with Gasteiger partial charge in [-0.15, -0.1) is 0 Å². The number of rotatable bonds is 5. The van der Waals surface area contributed by atoms with Crippen LogP contribution in [0, 0.1) is 6.92 Å². The Hall–Kier alpha value is -2.53. The second kappa shape index (κ2) is 9.31. The fourth-order valence-electron chi connectivity index (χ4n) is 2.86. The zero-order valence-corrected chi connectivity index (χ0v) is 18.6. The van der Waals surface area contributed by atoms with Crippen LogP contribution >= 0.6 is 11.6 Å². The highest BCUT2D eigenvalue weighted by molar-refractivity contribution is 6.30. The van der Waals surface area contributed by atoms with Gasteiger partial charge in [0.25, 0.3) is 0 Å². The third kappa shape index (κ3) is 5.51. The molecule has 0 saturated heterocycles. The molecule has 0 aliphatic heterocycles. The summed E-state index contributed by atoms with van der Waals surface area (Å²) in [5.74, 6) is -0.178. The second-order valence-corrected chi connectivity index (χ2v) is 8.17. The van der Waals surface area contributed by atoms with Crippen molar-refractivity contribution in [2.75, 3.05) is 18.1 Å². The molecule has 0 atom stereocenters. The van der Waals surface area contributed by atoms with Gasteiger partial charge in [-0.3, -0.25) is 4.90 Å².